The summed E-state index contributed by atoms with van der Waals surface area (Å²) in [6, 6.07) is 8.04. The highest BCUT2D eigenvalue weighted by Gasteiger charge is 2.14. The Hall–Kier alpha value is -1.48. The lowest BCUT2D eigenvalue weighted by Crippen LogP contribution is -2.21. The minimum atomic E-state index is 0.636. The molecule has 3 rings (SSSR count). The molecule has 0 atom stereocenters. The van der Waals surface area contributed by atoms with E-state index in [1.807, 2.05) is 18.2 Å². The van der Waals surface area contributed by atoms with Gasteiger partial charge in [0.25, 0.3) is 0 Å². The van der Waals surface area contributed by atoms with E-state index in [4.69, 9.17) is 9.47 Å². The van der Waals surface area contributed by atoms with Crippen LogP contribution in [0.3, 0.4) is 0 Å². The molecule has 3 heteroatoms. The molecule has 2 aromatic rings. The Morgan fingerprint density at radius 2 is 2.24 bits per heavy atom. The van der Waals surface area contributed by atoms with Crippen LogP contribution in [0.1, 0.15) is 12.8 Å². The lowest BCUT2D eigenvalue weighted by Gasteiger charge is -2.22. The Labute approximate surface area is 101 Å². The van der Waals surface area contributed by atoms with Crippen LogP contribution in [-0.4, -0.2) is 24.8 Å². The number of fused-ring (bicyclic) bond motifs is 1. The SMILES string of the molecule is [c]1cc2cc(OCC3CCOCC3)ccc2[nH]1. The molecular weight excluding hydrogens is 214 g/mol. The first kappa shape index (κ1) is 10.7. The Morgan fingerprint density at radius 3 is 3.12 bits per heavy atom. The van der Waals surface area contributed by atoms with Crippen LogP contribution in [0.25, 0.3) is 10.9 Å². The van der Waals surface area contributed by atoms with Gasteiger partial charge in [-0.3, -0.25) is 0 Å². The summed E-state index contributed by atoms with van der Waals surface area (Å²) in [5.41, 5.74) is 1.10. The van der Waals surface area contributed by atoms with Crippen molar-refractivity contribution < 1.29 is 9.47 Å². The van der Waals surface area contributed by atoms with E-state index < -0.39 is 0 Å². The van der Waals surface area contributed by atoms with Gasteiger partial charge in [-0.25, -0.2) is 0 Å². The Bertz CT molecular complexity index is 486. The van der Waals surface area contributed by atoms with Gasteiger partial charge in [-0.05, 0) is 43.0 Å². The van der Waals surface area contributed by atoms with E-state index in [9.17, 15) is 0 Å². The number of nitrogens with one attached hydrogen (secondary N) is 1. The zero-order valence-corrected chi connectivity index (χ0v) is 9.74. The monoisotopic (exact) mass is 230 g/mol. The van der Waals surface area contributed by atoms with Gasteiger partial charge in [0.1, 0.15) is 5.75 Å². The summed E-state index contributed by atoms with van der Waals surface area (Å²) >= 11 is 0. The van der Waals surface area contributed by atoms with Crippen LogP contribution >= 0.6 is 0 Å². The predicted molar refractivity (Wildman–Crippen MR) is 66.2 cm³/mol. The van der Waals surface area contributed by atoms with Crippen molar-refractivity contribution in [3.05, 3.63) is 30.5 Å². The van der Waals surface area contributed by atoms with Crippen molar-refractivity contribution in [1.82, 2.24) is 4.98 Å². The molecule has 2 heterocycles. The highest BCUT2D eigenvalue weighted by atomic mass is 16.5. The first-order valence-electron chi connectivity index (χ1n) is 6.11. The van der Waals surface area contributed by atoms with Crippen LogP contribution in [0.2, 0.25) is 0 Å². The summed E-state index contributed by atoms with van der Waals surface area (Å²) in [7, 11) is 0. The third-order valence-corrected chi connectivity index (χ3v) is 3.28. The predicted octanol–water partition coefficient (Wildman–Crippen LogP) is 2.77. The van der Waals surface area contributed by atoms with E-state index in [-0.39, 0.29) is 0 Å². The molecule has 1 aromatic heterocycles. The molecule has 0 amide bonds. The standard InChI is InChI=1S/C14H16NO2/c1-2-14-12(3-6-15-14)9-13(1)17-10-11-4-7-16-8-5-11/h1-3,9,11,15H,4-5,7-8,10H2. The number of H-pyrrole nitrogens is 1. The molecule has 0 saturated carbocycles. The van der Waals surface area contributed by atoms with E-state index in [1.165, 1.54) is 0 Å². The van der Waals surface area contributed by atoms with Gasteiger partial charge in [-0.2, -0.15) is 0 Å². The van der Waals surface area contributed by atoms with Crippen molar-refractivity contribution in [2.24, 2.45) is 5.92 Å². The number of hydrogen-bond acceptors (Lipinski definition) is 2. The minimum absolute atomic E-state index is 0.636. The van der Waals surface area contributed by atoms with E-state index in [1.54, 1.807) is 0 Å². The molecule has 17 heavy (non-hydrogen) atoms. The molecule has 3 nitrogen and oxygen atoms in total. The smallest absolute Gasteiger partial charge is 0.120 e. The maximum Gasteiger partial charge on any atom is 0.120 e. The molecule has 1 fully saturated rings. The van der Waals surface area contributed by atoms with Crippen molar-refractivity contribution in [2.75, 3.05) is 19.8 Å². The van der Waals surface area contributed by atoms with Gasteiger partial charge in [-0.1, -0.05) is 0 Å². The topological polar surface area (TPSA) is 34.2 Å². The molecule has 0 unspecified atom stereocenters. The van der Waals surface area contributed by atoms with Crippen LogP contribution in [0, 0.1) is 12.1 Å². The number of aromatic nitrogens is 1. The fourth-order valence-corrected chi connectivity index (χ4v) is 2.18. The third kappa shape index (κ3) is 2.44. The largest absolute Gasteiger partial charge is 0.493 e. The minimum Gasteiger partial charge on any atom is -0.493 e. The van der Waals surface area contributed by atoms with Crippen molar-refractivity contribution in [2.45, 2.75) is 12.8 Å². The van der Waals surface area contributed by atoms with Gasteiger partial charge < -0.3 is 14.5 Å². The second kappa shape index (κ2) is 4.80. The summed E-state index contributed by atoms with van der Waals surface area (Å²) in [4.78, 5) is 3.06. The van der Waals surface area contributed by atoms with Gasteiger partial charge in [0, 0.05) is 24.1 Å². The quantitative estimate of drug-likeness (QED) is 0.879. The molecule has 0 aliphatic carbocycles. The summed E-state index contributed by atoms with van der Waals surface area (Å²) < 4.78 is 11.2. The van der Waals surface area contributed by atoms with E-state index in [0.29, 0.717) is 5.92 Å². The molecule has 0 spiro atoms. The van der Waals surface area contributed by atoms with Crippen LogP contribution in [0.5, 0.6) is 5.75 Å². The van der Waals surface area contributed by atoms with Crippen molar-refractivity contribution in [3.63, 3.8) is 0 Å². The number of ether oxygens (including phenoxy) is 2. The van der Waals surface area contributed by atoms with Gasteiger partial charge in [-0.15, -0.1) is 0 Å². The van der Waals surface area contributed by atoms with Gasteiger partial charge in [0.05, 0.1) is 12.8 Å². The summed E-state index contributed by atoms with van der Waals surface area (Å²) in [6.07, 6.45) is 5.20. The fourth-order valence-electron chi connectivity index (χ4n) is 2.18. The van der Waals surface area contributed by atoms with Gasteiger partial charge in [0.2, 0.25) is 0 Å². The zero-order valence-electron chi connectivity index (χ0n) is 9.74. The number of hydrogen-bond donors (Lipinski definition) is 1. The molecule has 89 valence electrons. The van der Waals surface area contributed by atoms with Crippen LogP contribution in [0.15, 0.2) is 24.3 Å². The number of aromatic amines is 1. The molecule has 1 N–H and O–H groups in total. The van der Waals surface area contributed by atoms with Crippen molar-refractivity contribution in [1.29, 1.82) is 0 Å². The maximum absolute atomic E-state index is 5.84. The van der Waals surface area contributed by atoms with Gasteiger partial charge in [0.15, 0.2) is 0 Å². The maximum atomic E-state index is 5.84. The van der Waals surface area contributed by atoms with Crippen molar-refractivity contribution >= 4 is 10.9 Å². The van der Waals surface area contributed by atoms with Gasteiger partial charge >= 0.3 is 0 Å². The second-order valence-electron chi connectivity index (χ2n) is 4.53. The Balaban J connectivity index is 1.63. The van der Waals surface area contributed by atoms with Crippen LogP contribution in [0.4, 0.5) is 0 Å². The van der Waals surface area contributed by atoms with E-state index in [2.05, 4.69) is 17.2 Å². The summed E-state index contributed by atoms with van der Waals surface area (Å²) in [6.45, 7) is 2.54. The summed E-state index contributed by atoms with van der Waals surface area (Å²) in [5, 5.41) is 1.15. The molecular formula is C14H16NO2. The Kier molecular flexibility index (Phi) is 3.01. The third-order valence-electron chi connectivity index (χ3n) is 3.28. The summed E-state index contributed by atoms with van der Waals surface area (Å²) in [5.74, 6) is 1.58. The number of benzene rings is 1. The van der Waals surface area contributed by atoms with E-state index >= 15 is 0 Å². The second-order valence-corrected chi connectivity index (χ2v) is 4.53. The first-order chi connectivity index (χ1) is 8.42. The normalized spacial score (nSPS) is 17.4. The highest BCUT2D eigenvalue weighted by Crippen LogP contribution is 2.21. The lowest BCUT2D eigenvalue weighted by molar-refractivity contribution is 0.0498. The molecule has 1 aliphatic heterocycles. The Morgan fingerprint density at radius 1 is 1.35 bits per heavy atom. The average Bonchev–Trinajstić information content (AvgIpc) is 2.85. The highest BCUT2D eigenvalue weighted by molar-refractivity contribution is 5.80. The molecule has 1 saturated heterocycles. The molecule has 0 bridgehead atoms. The zero-order chi connectivity index (χ0) is 11.5. The average molecular weight is 230 g/mol. The molecule has 1 aliphatic rings. The van der Waals surface area contributed by atoms with E-state index in [0.717, 1.165) is 49.3 Å². The lowest BCUT2D eigenvalue weighted by atomic mass is 10.0. The molecule has 1 radical (unpaired) electrons. The molecule has 1 aromatic carbocycles. The van der Waals surface area contributed by atoms with Crippen LogP contribution in [-0.2, 0) is 4.74 Å². The fraction of sp³-hybridized carbons (Fsp3) is 0.429. The first-order valence-corrected chi connectivity index (χ1v) is 6.11. The van der Waals surface area contributed by atoms with Crippen LogP contribution < -0.4 is 4.74 Å². The van der Waals surface area contributed by atoms with Crippen molar-refractivity contribution in [3.8, 4) is 5.75 Å². The number of rotatable bonds is 3.